The fraction of sp³-hybridized carbons (Fsp3) is 0.348. The van der Waals surface area contributed by atoms with Gasteiger partial charge in [0, 0.05) is 38.9 Å². The summed E-state index contributed by atoms with van der Waals surface area (Å²) in [4.78, 5) is 4.74. The molecule has 0 fully saturated rings. The highest BCUT2D eigenvalue weighted by atomic mass is 16.5. The summed E-state index contributed by atoms with van der Waals surface area (Å²) in [6.45, 7) is 4.28. The van der Waals surface area contributed by atoms with Crippen molar-refractivity contribution in [2.45, 2.75) is 26.4 Å². The lowest BCUT2D eigenvalue weighted by Gasteiger charge is -2.14. The molecule has 1 heterocycles. The van der Waals surface area contributed by atoms with E-state index in [0.29, 0.717) is 32.3 Å². The molecule has 0 spiro atoms. The van der Waals surface area contributed by atoms with E-state index in [4.69, 9.17) is 14.5 Å². The highest BCUT2D eigenvalue weighted by Crippen LogP contribution is 2.17. The zero-order chi connectivity index (χ0) is 21.9. The van der Waals surface area contributed by atoms with E-state index in [0.717, 1.165) is 35.1 Å². The lowest BCUT2D eigenvalue weighted by Crippen LogP contribution is -2.31. The number of nitrogens with one attached hydrogen (secondary N) is 2. The first-order chi connectivity index (χ1) is 15.2. The Morgan fingerprint density at radius 1 is 1.06 bits per heavy atom. The molecular weight excluding hydrogens is 392 g/mol. The summed E-state index contributed by atoms with van der Waals surface area (Å²) in [5.41, 5.74) is 2.02. The van der Waals surface area contributed by atoms with E-state index >= 15 is 0 Å². The van der Waals surface area contributed by atoms with E-state index in [9.17, 15) is 0 Å². The molecule has 31 heavy (non-hydrogen) atoms. The Morgan fingerprint density at radius 2 is 1.90 bits per heavy atom. The molecule has 0 atom stereocenters. The maximum absolute atomic E-state index is 5.81. The summed E-state index contributed by atoms with van der Waals surface area (Å²) in [5, 5.41) is 15.0. The van der Waals surface area contributed by atoms with Crippen LogP contribution < -0.4 is 15.4 Å². The molecule has 2 aromatic carbocycles. The number of hydrogen-bond donors (Lipinski definition) is 2. The van der Waals surface area contributed by atoms with Crippen molar-refractivity contribution < 1.29 is 9.47 Å². The van der Waals surface area contributed by atoms with E-state index < -0.39 is 0 Å². The van der Waals surface area contributed by atoms with Gasteiger partial charge in [0.2, 0.25) is 0 Å². The van der Waals surface area contributed by atoms with Gasteiger partial charge in [-0.25, -0.2) is 4.99 Å². The Labute approximate surface area is 183 Å². The third-order valence-corrected chi connectivity index (χ3v) is 4.72. The average Bonchev–Trinajstić information content (AvgIpc) is 3.12. The SMILES string of the molecule is COCCCOc1cccc(NC(=NCc2ccccc2)NCc2nnc(C)n2C)c1. The van der Waals surface area contributed by atoms with Gasteiger partial charge in [-0.15, -0.1) is 10.2 Å². The highest BCUT2D eigenvalue weighted by Gasteiger charge is 2.07. The van der Waals surface area contributed by atoms with Crippen molar-refractivity contribution in [3.05, 3.63) is 71.8 Å². The predicted molar refractivity (Wildman–Crippen MR) is 122 cm³/mol. The molecule has 0 bridgehead atoms. The molecule has 1 aromatic heterocycles. The zero-order valence-electron chi connectivity index (χ0n) is 18.3. The normalized spacial score (nSPS) is 11.4. The topological polar surface area (TPSA) is 85.6 Å². The highest BCUT2D eigenvalue weighted by molar-refractivity contribution is 5.93. The molecule has 3 aromatic rings. The molecule has 0 saturated carbocycles. The van der Waals surface area contributed by atoms with Gasteiger partial charge in [-0.1, -0.05) is 36.4 Å². The van der Waals surface area contributed by atoms with E-state index in [2.05, 4.69) is 33.0 Å². The third-order valence-electron chi connectivity index (χ3n) is 4.72. The number of rotatable bonds is 10. The Hall–Kier alpha value is -3.39. The van der Waals surface area contributed by atoms with Crippen LogP contribution in [0.5, 0.6) is 5.75 Å². The smallest absolute Gasteiger partial charge is 0.196 e. The van der Waals surface area contributed by atoms with E-state index in [-0.39, 0.29) is 0 Å². The Bertz CT molecular complexity index is 971. The van der Waals surface area contributed by atoms with Crippen molar-refractivity contribution in [2.24, 2.45) is 12.0 Å². The predicted octanol–water partition coefficient (Wildman–Crippen LogP) is 3.30. The van der Waals surface area contributed by atoms with Crippen LogP contribution in [0.15, 0.2) is 59.6 Å². The van der Waals surface area contributed by atoms with Gasteiger partial charge in [0.25, 0.3) is 0 Å². The van der Waals surface area contributed by atoms with Crippen molar-refractivity contribution in [3.63, 3.8) is 0 Å². The monoisotopic (exact) mass is 422 g/mol. The average molecular weight is 423 g/mol. The van der Waals surface area contributed by atoms with Crippen LogP contribution in [0.25, 0.3) is 0 Å². The summed E-state index contributed by atoms with van der Waals surface area (Å²) in [5.74, 6) is 3.15. The van der Waals surface area contributed by atoms with Crippen LogP contribution in [-0.2, 0) is 24.9 Å². The van der Waals surface area contributed by atoms with Gasteiger partial charge in [0.1, 0.15) is 11.6 Å². The van der Waals surface area contributed by atoms with Crippen molar-refractivity contribution >= 4 is 11.6 Å². The van der Waals surface area contributed by atoms with Gasteiger partial charge in [-0.05, 0) is 24.6 Å². The number of nitrogens with zero attached hydrogens (tertiary/aromatic N) is 4. The second kappa shape index (κ2) is 11.7. The first kappa shape index (κ1) is 22.3. The number of ether oxygens (including phenoxy) is 2. The van der Waals surface area contributed by atoms with Crippen molar-refractivity contribution in [2.75, 3.05) is 25.6 Å². The summed E-state index contributed by atoms with van der Waals surface area (Å²) in [6, 6.07) is 18.0. The largest absolute Gasteiger partial charge is 0.493 e. The summed E-state index contributed by atoms with van der Waals surface area (Å²) in [6.07, 6.45) is 0.844. The van der Waals surface area contributed by atoms with Crippen molar-refractivity contribution in [1.82, 2.24) is 20.1 Å². The molecule has 0 amide bonds. The molecule has 2 N–H and O–H groups in total. The Kier molecular flexibility index (Phi) is 8.42. The molecule has 8 nitrogen and oxygen atoms in total. The molecule has 0 aliphatic carbocycles. The Morgan fingerprint density at radius 3 is 2.65 bits per heavy atom. The fourth-order valence-corrected chi connectivity index (χ4v) is 2.85. The number of aliphatic imine (C=N–C) groups is 1. The maximum Gasteiger partial charge on any atom is 0.196 e. The maximum atomic E-state index is 5.81. The van der Waals surface area contributed by atoms with Gasteiger partial charge in [-0.2, -0.15) is 0 Å². The van der Waals surface area contributed by atoms with Crippen LogP contribution in [0.2, 0.25) is 0 Å². The summed E-state index contributed by atoms with van der Waals surface area (Å²) < 4.78 is 12.8. The second-order valence-corrected chi connectivity index (χ2v) is 7.07. The lowest BCUT2D eigenvalue weighted by atomic mass is 10.2. The number of methoxy groups -OCH3 is 1. The number of anilines is 1. The third kappa shape index (κ3) is 7.11. The molecule has 3 rings (SSSR count). The standard InChI is InChI=1S/C23H30N6O2/c1-18-27-28-22(29(18)2)17-25-23(24-16-19-9-5-4-6-10-19)26-20-11-7-12-21(15-20)31-14-8-13-30-3/h4-7,9-12,15H,8,13-14,16-17H2,1-3H3,(H2,24,25,26). The molecule has 164 valence electrons. The molecule has 0 aliphatic rings. The molecular formula is C23H30N6O2. The van der Waals surface area contributed by atoms with E-state index in [1.807, 2.05) is 61.0 Å². The molecule has 0 radical (unpaired) electrons. The van der Waals surface area contributed by atoms with Crippen LogP contribution in [0, 0.1) is 6.92 Å². The van der Waals surface area contributed by atoms with E-state index in [1.165, 1.54) is 0 Å². The summed E-state index contributed by atoms with van der Waals surface area (Å²) >= 11 is 0. The molecule has 0 unspecified atom stereocenters. The number of guanidine groups is 1. The van der Waals surface area contributed by atoms with Gasteiger partial charge >= 0.3 is 0 Å². The van der Waals surface area contributed by atoms with Crippen LogP contribution in [-0.4, -0.2) is 41.0 Å². The minimum Gasteiger partial charge on any atom is -0.493 e. The fourth-order valence-electron chi connectivity index (χ4n) is 2.85. The van der Waals surface area contributed by atoms with Crippen molar-refractivity contribution in [3.8, 4) is 5.75 Å². The van der Waals surface area contributed by atoms with Crippen molar-refractivity contribution in [1.29, 1.82) is 0 Å². The minimum absolute atomic E-state index is 0.505. The first-order valence-electron chi connectivity index (χ1n) is 10.3. The molecule has 8 heteroatoms. The van der Waals surface area contributed by atoms with Gasteiger partial charge < -0.3 is 24.7 Å². The lowest BCUT2D eigenvalue weighted by molar-refractivity contribution is 0.172. The number of benzene rings is 2. The molecule has 0 aliphatic heterocycles. The Balaban J connectivity index is 1.69. The quantitative estimate of drug-likeness (QED) is 0.296. The minimum atomic E-state index is 0.505. The first-order valence-corrected chi connectivity index (χ1v) is 10.3. The van der Waals surface area contributed by atoms with Crippen LogP contribution in [0.4, 0.5) is 5.69 Å². The van der Waals surface area contributed by atoms with E-state index in [1.54, 1.807) is 7.11 Å². The van der Waals surface area contributed by atoms with Crippen LogP contribution >= 0.6 is 0 Å². The zero-order valence-corrected chi connectivity index (χ0v) is 18.3. The van der Waals surface area contributed by atoms with Gasteiger partial charge in [0.15, 0.2) is 11.8 Å². The number of aryl methyl sites for hydroxylation is 1. The number of aromatic nitrogens is 3. The molecule has 0 saturated heterocycles. The van der Waals surface area contributed by atoms with Crippen LogP contribution in [0.1, 0.15) is 23.6 Å². The second-order valence-electron chi connectivity index (χ2n) is 7.07. The van der Waals surface area contributed by atoms with Crippen LogP contribution in [0.3, 0.4) is 0 Å². The number of hydrogen-bond acceptors (Lipinski definition) is 5. The summed E-state index contributed by atoms with van der Waals surface area (Å²) in [7, 11) is 3.64. The van der Waals surface area contributed by atoms with Gasteiger partial charge in [-0.3, -0.25) is 0 Å². The van der Waals surface area contributed by atoms with Gasteiger partial charge in [0.05, 0.1) is 19.7 Å².